The fraction of sp³-hybridized carbons (Fsp3) is 0. The molecule has 0 aliphatic heterocycles. The van der Waals surface area contributed by atoms with Crippen molar-refractivity contribution in [2.45, 2.75) is 4.90 Å². The highest BCUT2D eigenvalue weighted by Gasteiger charge is 2.19. The number of nitrogens with zero attached hydrogens (tertiary/aromatic N) is 3. The number of hydrogen-bond acceptors (Lipinski definition) is 5. The van der Waals surface area contributed by atoms with Gasteiger partial charge in [-0.1, -0.05) is 29.8 Å². The SMILES string of the molecule is NS(=O)(=O)c1ccc(-c2c(-c3csc(Cl)n3)nn3ccccc23)cc1. The zero-order valence-electron chi connectivity index (χ0n) is 12.6. The molecule has 0 bridgehead atoms. The fourth-order valence-electron chi connectivity index (χ4n) is 2.63. The maximum absolute atomic E-state index is 11.5. The van der Waals surface area contributed by atoms with Crippen LogP contribution in [0.5, 0.6) is 0 Å². The first kappa shape index (κ1) is 16.2. The Hall–Kier alpha value is -2.26. The summed E-state index contributed by atoms with van der Waals surface area (Å²) in [6.45, 7) is 0. The molecule has 9 heteroatoms. The lowest BCUT2D eigenvalue weighted by atomic mass is 10.0. The van der Waals surface area contributed by atoms with Gasteiger partial charge >= 0.3 is 0 Å². The minimum absolute atomic E-state index is 0.0611. The number of nitrogens with two attached hydrogens (primary N) is 1. The Labute approximate surface area is 152 Å². The van der Waals surface area contributed by atoms with E-state index in [2.05, 4.69) is 10.1 Å². The van der Waals surface area contributed by atoms with Crippen molar-refractivity contribution in [3.05, 3.63) is 58.5 Å². The Bertz CT molecular complexity index is 1180. The van der Waals surface area contributed by atoms with E-state index in [1.807, 2.05) is 29.8 Å². The molecule has 0 saturated heterocycles. The van der Waals surface area contributed by atoms with Crippen molar-refractivity contribution in [3.63, 3.8) is 0 Å². The quantitative estimate of drug-likeness (QED) is 0.580. The molecule has 0 aliphatic carbocycles. The van der Waals surface area contributed by atoms with E-state index in [0.717, 1.165) is 16.6 Å². The summed E-state index contributed by atoms with van der Waals surface area (Å²) in [7, 11) is -3.74. The van der Waals surface area contributed by atoms with Crippen molar-refractivity contribution in [2.24, 2.45) is 5.14 Å². The standard InChI is InChI=1S/C16H11ClN4O2S2/c17-16-19-12(9-24-16)15-14(13-3-1-2-8-21(13)20-15)10-4-6-11(7-5-10)25(18,22)23/h1-9H,(H2,18,22,23). The first-order chi connectivity index (χ1) is 11.9. The zero-order valence-corrected chi connectivity index (χ0v) is 15.0. The van der Waals surface area contributed by atoms with Crippen LogP contribution in [0.15, 0.2) is 58.9 Å². The van der Waals surface area contributed by atoms with Crippen molar-refractivity contribution in [3.8, 4) is 22.5 Å². The van der Waals surface area contributed by atoms with Gasteiger partial charge < -0.3 is 0 Å². The number of fused-ring (bicyclic) bond motifs is 1. The van der Waals surface area contributed by atoms with Gasteiger partial charge in [0.15, 0.2) is 4.47 Å². The monoisotopic (exact) mass is 390 g/mol. The molecule has 0 aliphatic rings. The molecule has 0 amide bonds. The van der Waals surface area contributed by atoms with E-state index < -0.39 is 10.0 Å². The second-order valence-corrected chi connectivity index (χ2v) is 8.31. The predicted molar refractivity (Wildman–Crippen MR) is 98.1 cm³/mol. The lowest BCUT2D eigenvalue weighted by Crippen LogP contribution is -2.11. The van der Waals surface area contributed by atoms with E-state index in [-0.39, 0.29) is 4.90 Å². The Morgan fingerprint density at radius 2 is 1.88 bits per heavy atom. The third kappa shape index (κ3) is 2.93. The van der Waals surface area contributed by atoms with Gasteiger partial charge in [-0.25, -0.2) is 23.1 Å². The molecule has 3 heterocycles. The van der Waals surface area contributed by atoms with Crippen molar-refractivity contribution < 1.29 is 8.42 Å². The number of rotatable bonds is 3. The topological polar surface area (TPSA) is 90.4 Å². The van der Waals surface area contributed by atoms with Crippen LogP contribution in [0.25, 0.3) is 28.0 Å². The molecule has 0 spiro atoms. The third-order valence-electron chi connectivity index (χ3n) is 3.73. The van der Waals surface area contributed by atoms with Crippen LogP contribution < -0.4 is 5.14 Å². The fourth-order valence-corrected chi connectivity index (χ4v) is 3.90. The Morgan fingerprint density at radius 1 is 1.12 bits per heavy atom. The Kier molecular flexibility index (Phi) is 3.84. The van der Waals surface area contributed by atoms with Crippen LogP contribution in [0.2, 0.25) is 4.47 Å². The van der Waals surface area contributed by atoms with E-state index in [9.17, 15) is 8.42 Å². The summed E-state index contributed by atoms with van der Waals surface area (Å²) in [5, 5.41) is 11.6. The van der Waals surface area contributed by atoms with Gasteiger partial charge in [-0.3, -0.25) is 0 Å². The lowest BCUT2D eigenvalue weighted by molar-refractivity contribution is 0.598. The van der Waals surface area contributed by atoms with Gasteiger partial charge in [-0.15, -0.1) is 11.3 Å². The number of halogens is 1. The molecule has 25 heavy (non-hydrogen) atoms. The molecule has 4 rings (SSSR count). The summed E-state index contributed by atoms with van der Waals surface area (Å²) < 4.78 is 25.1. The maximum Gasteiger partial charge on any atom is 0.238 e. The van der Waals surface area contributed by atoms with E-state index in [1.165, 1.54) is 23.5 Å². The third-order valence-corrected chi connectivity index (χ3v) is 5.64. The largest absolute Gasteiger partial charge is 0.240 e. The maximum atomic E-state index is 11.5. The van der Waals surface area contributed by atoms with Crippen LogP contribution in [0.1, 0.15) is 0 Å². The smallest absolute Gasteiger partial charge is 0.238 e. The highest BCUT2D eigenvalue weighted by Crippen LogP contribution is 2.36. The van der Waals surface area contributed by atoms with Crippen LogP contribution in [-0.2, 0) is 10.0 Å². The molecule has 0 saturated carbocycles. The highest BCUT2D eigenvalue weighted by atomic mass is 35.5. The Balaban J connectivity index is 1.97. The van der Waals surface area contributed by atoms with Crippen molar-refractivity contribution in [2.75, 3.05) is 0 Å². The molecule has 4 aromatic rings. The molecular formula is C16H11ClN4O2S2. The van der Waals surface area contributed by atoms with Crippen molar-refractivity contribution in [1.29, 1.82) is 0 Å². The van der Waals surface area contributed by atoms with Gasteiger partial charge in [0.2, 0.25) is 10.0 Å². The van der Waals surface area contributed by atoms with Gasteiger partial charge in [0, 0.05) is 17.1 Å². The number of primary sulfonamides is 1. The number of hydrogen-bond donors (Lipinski definition) is 1. The molecule has 0 atom stereocenters. The molecular weight excluding hydrogens is 380 g/mol. The summed E-state index contributed by atoms with van der Waals surface area (Å²) in [5.74, 6) is 0. The molecule has 6 nitrogen and oxygen atoms in total. The van der Waals surface area contributed by atoms with Crippen molar-refractivity contribution in [1.82, 2.24) is 14.6 Å². The van der Waals surface area contributed by atoms with Gasteiger partial charge in [-0.2, -0.15) is 5.10 Å². The van der Waals surface area contributed by atoms with Gasteiger partial charge in [0.1, 0.15) is 11.4 Å². The molecule has 126 valence electrons. The molecule has 0 radical (unpaired) electrons. The summed E-state index contributed by atoms with van der Waals surface area (Å²) in [4.78, 5) is 4.37. The highest BCUT2D eigenvalue weighted by molar-refractivity contribution is 7.89. The second kappa shape index (κ2) is 5.92. The normalized spacial score (nSPS) is 11.9. The second-order valence-electron chi connectivity index (χ2n) is 5.31. The summed E-state index contributed by atoms with van der Waals surface area (Å²) in [6, 6.07) is 12.1. The summed E-state index contributed by atoms with van der Waals surface area (Å²) in [6.07, 6.45) is 1.84. The van der Waals surface area contributed by atoms with Crippen molar-refractivity contribution >= 4 is 38.5 Å². The number of sulfonamides is 1. The van der Waals surface area contributed by atoms with E-state index >= 15 is 0 Å². The predicted octanol–water partition coefficient (Wildman–Crippen LogP) is 3.43. The molecule has 2 N–H and O–H groups in total. The lowest BCUT2D eigenvalue weighted by Gasteiger charge is -2.04. The van der Waals surface area contributed by atoms with E-state index in [1.54, 1.807) is 16.6 Å². The first-order valence-electron chi connectivity index (χ1n) is 7.15. The molecule has 0 unspecified atom stereocenters. The van der Waals surface area contributed by atoms with Crippen LogP contribution in [0, 0.1) is 0 Å². The number of benzene rings is 1. The number of pyridine rings is 1. The molecule has 3 aromatic heterocycles. The zero-order chi connectivity index (χ0) is 17.6. The number of aromatic nitrogens is 3. The van der Waals surface area contributed by atoms with Gasteiger partial charge in [-0.05, 0) is 29.8 Å². The number of thiazole rings is 1. The van der Waals surface area contributed by atoms with Gasteiger partial charge in [0.25, 0.3) is 0 Å². The van der Waals surface area contributed by atoms with Crippen LogP contribution in [0.3, 0.4) is 0 Å². The van der Waals surface area contributed by atoms with E-state index in [0.29, 0.717) is 15.9 Å². The average molecular weight is 391 g/mol. The van der Waals surface area contributed by atoms with Gasteiger partial charge in [0.05, 0.1) is 10.4 Å². The van der Waals surface area contributed by atoms with Crippen LogP contribution >= 0.6 is 22.9 Å². The minimum Gasteiger partial charge on any atom is -0.240 e. The van der Waals surface area contributed by atoms with E-state index in [4.69, 9.17) is 16.7 Å². The average Bonchev–Trinajstić information content (AvgIpc) is 3.17. The minimum atomic E-state index is -3.74. The molecule has 0 fully saturated rings. The Morgan fingerprint density at radius 3 is 2.52 bits per heavy atom. The molecule has 1 aromatic carbocycles. The summed E-state index contributed by atoms with van der Waals surface area (Å²) in [5.41, 5.74) is 3.89. The first-order valence-corrected chi connectivity index (χ1v) is 9.96. The van der Waals surface area contributed by atoms with Crippen LogP contribution in [0.4, 0.5) is 0 Å². The van der Waals surface area contributed by atoms with Crippen LogP contribution in [-0.4, -0.2) is 23.0 Å². The summed E-state index contributed by atoms with van der Waals surface area (Å²) >= 11 is 7.30.